The Labute approximate surface area is 93.8 Å². The number of hydrogen-bond donors (Lipinski definition) is 1. The smallest absolute Gasteiger partial charge is 0.135 e. The number of halogens is 1. The third-order valence-corrected chi connectivity index (χ3v) is 2.91. The number of aryl methyl sites for hydroxylation is 1. The molecule has 1 unspecified atom stereocenters. The van der Waals surface area contributed by atoms with E-state index in [0.29, 0.717) is 5.15 Å². The zero-order valence-electron chi connectivity index (χ0n) is 8.87. The highest BCUT2D eigenvalue weighted by atomic mass is 35.5. The fraction of sp³-hybridized carbons (Fsp3) is 0.364. The van der Waals surface area contributed by atoms with Gasteiger partial charge in [0.2, 0.25) is 0 Å². The number of fused-ring (bicyclic) bond motifs is 1. The van der Waals surface area contributed by atoms with Gasteiger partial charge in [-0.05, 0) is 25.5 Å². The van der Waals surface area contributed by atoms with Gasteiger partial charge in [-0.15, -0.1) is 0 Å². The Morgan fingerprint density at radius 3 is 2.87 bits per heavy atom. The van der Waals surface area contributed by atoms with Crippen LogP contribution in [0.5, 0.6) is 0 Å². The molecule has 15 heavy (non-hydrogen) atoms. The van der Waals surface area contributed by atoms with E-state index in [4.69, 9.17) is 17.3 Å². The molecule has 2 N–H and O–H groups in total. The van der Waals surface area contributed by atoms with Gasteiger partial charge in [0.25, 0.3) is 0 Å². The molecule has 0 saturated heterocycles. The number of nitrogens with two attached hydrogens (primary N) is 1. The molecule has 1 atom stereocenters. The number of hydrogen-bond acceptors (Lipinski definition) is 2. The Morgan fingerprint density at radius 2 is 2.27 bits per heavy atom. The number of benzene rings is 1. The summed E-state index contributed by atoms with van der Waals surface area (Å²) in [7, 11) is 0. The van der Waals surface area contributed by atoms with Crippen LogP contribution in [0.15, 0.2) is 18.2 Å². The van der Waals surface area contributed by atoms with E-state index < -0.39 is 0 Å². The van der Waals surface area contributed by atoms with Crippen LogP contribution in [0.1, 0.15) is 25.5 Å². The van der Waals surface area contributed by atoms with Crippen LogP contribution in [0.3, 0.4) is 0 Å². The van der Waals surface area contributed by atoms with Crippen LogP contribution >= 0.6 is 11.6 Å². The van der Waals surface area contributed by atoms with E-state index >= 15 is 0 Å². The lowest BCUT2D eigenvalue weighted by atomic mass is 10.1. The third kappa shape index (κ3) is 1.62. The molecule has 0 fully saturated rings. The first kappa shape index (κ1) is 10.5. The average molecular weight is 224 g/mol. The van der Waals surface area contributed by atoms with Crippen molar-refractivity contribution >= 4 is 22.5 Å². The average Bonchev–Trinajstić information content (AvgIpc) is 2.55. The van der Waals surface area contributed by atoms with Crippen molar-refractivity contribution in [3.05, 3.63) is 28.9 Å². The summed E-state index contributed by atoms with van der Waals surface area (Å²) >= 11 is 6.25. The largest absolute Gasteiger partial charge is 0.324 e. The third-order valence-electron chi connectivity index (χ3n) is 2.53. The van der Waals surface area contributed by atoms with E-state index in [0.717, 1.165) is 23.0 Å². The van der Waals surface area contributed by atoms with E-state index in [1.54, 1.807) is 4.68 Å². The van der Waals surface area contributed by atoms with Gasteiger partial charge in [-0.3, -0.25) is 4.68 Å². The lowest BCUT2D eigenvalue weighted by molar-refractivity contribution is 0.668. The van der Waals surface area contributed by atoms with Crippen molar-refractivity contribution in [3.63, 3.8) is 0 Å². The molecular formula is C11H14ClN3. The van der Waals surface area contributed by atoms with Crippen molar-refractivity contribution in [2.75, 3.05) is 0 Å². The van der Waals surface area contributed by atoms with Gasteiger partial charge in [0.05, 0.1) is 5.52 Å². The van der Waals surface area contributed by atoms with Crippen molar-refractivity contribution in [2.45, 2.75) is 26.4 Å². The van der Waals surface area contributed by atoms with Crippen LogP contribution in [0.4, 0.5) is 0 Å². The summed E-state index contributed by atoms with van der Waals surface area (Å²) in [5, 5.41) is 6.07. The molecule has 0 saturated carbocycles. The fourth-order valence-electron chi connectivity index (χ4n) is 1.76. The van der Waals surface area contributed by atoms with Crippen LogP contribution in [0.2, 0.25) is 5.15 Å². The first-order valence-electron chi connectivity index (χ1n) is 5.05. The topological polar surface area (TPSA) is 43.8 Å². The summed E-state index contributed by atoms with van der Waals surface area (Å²) in [6.07, 6.45) is 0. The monoisotopic (exact) mass is 223 g/mol. The zero-order chi connectivity index (χ0) is 11.0. The van der Waals surface area contributed by atoms with Gasteiger partial charge in [0.15, 0.2) is 0 Å². The van der Waals surface area contributed by atoms with Gasteiger partial charge in [0.1, 0.15) is 5.15 Å². The van der Waals surface area contributed by atoms with Crippen molar-refractivity contribution in [2.24, 2.45) is 5.73 Å². The molecule has 2 rings (SSSR count). The Bertz CT molecular complexity index is 488. The molecule has 4 heteroatoms. The lowest BCUT2D eigenvalue weighted by Gasteiger charge is -2.06. The van der Waals surface area contributed by atoms with Gasteiger partial charge in [-0.1, -0.05) is 23.7 Å². The molecule has 0 amide bonds. The molecule has 80 valence electrons. The highest BCUT2D eigenvalue weighted by Crippen LogP contribution is 2.29. The maximum absolute atomic E-state index is 6.25. The second kappa shape index (κ2) is 3.83. The van der Waals surface area contributed by atoms with E-state index in [1.807, 2.05) is 32.0 Å². The second-order valence-electron chi connectivity index (χ2n) is 3.64. The van der Waals surface area contributed by atoms with Crippen LogP contribution < -0.4 is 5.73 Å². The van der Waals surface area contributed by atoms with Crippen LogP contribution in [-0.2, 0) is 6.54 Å². The summed E-state index contributed by atoms with van der Waals surface area (Å²) in [6.45, 7) is 4.74. The summed E-state index contributed by atoms with van der Waals surface area (Å²) < 4.78 is 1.79. The standard InChI is InChI=1S/C11H14ClN3/c1-3-15-11(12)10-8(7(2)13)5-4-6-9(10)14-15/h4-7H,3,13H2,1-2H3. The number of rotatable bonds is 2. The molecule has 2 aromatic rings. The van der Waals surface area contributed by atoms with Crippen LogP contribution in [0, 0.1) is 0 Å². The Kier molecular flexibility index (Phi) is 2.67. The minimum Gasteiger partial charge on any atom is -0.324 e. The molecule has 0 bridgehead atoms. The summed E-state index contributed by atoms with van der Waals surface area (Å²) in [5.74, 6) is 0. The van der Waals surface area contributed by atoms with E-state index in [-0.39, 0.29) is 6.04 Å². The van der Waals surface area contributed by atoms with Crippen molar-refractivity contribution in [1.82, 2.24) is 9.78 Å². The molecule has 1 aromatic heterocycles. The fourth-order valence-corrected chi connectivity index (χ4v) is 2.12. The Hall–Kier alpha value is -1.06. The Morgan fingerprint density at radius 1 is 1.53 bits per heavy atom. The zero-order valence-corrected chi connectivity index (χ0v) is 9.62. The second-order valence-corrected chi connectivity index (χ2v) is 3.99. The maximum atomic E-state index is 6.25. The van der Waals surface area contributed by atoms with Gasteiger partial charge in [-0.25, -0.2) is 0 Å². The molecule has 0 spiro atoms. The van der Waals surface area contributed by atoms with Gasteiger partial charge >= 0.3 is 0 Å². The molecule has 0 radical (unpaired) electrons. The van der Waals surface area contributed by atoms with Crippen molar-refractivity contribution in [3.8, 4) is 0 Å². The molecule has 0 aliphatic heterocycles. The maximum Gasteiger partial charge on any atom is 0.135 e. The predicted octanol–water partition coefficient (Wildman–Crippen LogP) is 2.73. The van der Waals surface area contributed by atoms with Crippen LogP contribution in [-0.4, -0.2) is 9.78 Å². The minimum atomic E-state index is -0.0271. The number of nitrogens with zero attached hydrogens (tertiary/aromatic N) is 2. The quantitative estimate of drug-likeness (QED) is 0.851. The molecule has 3 nitrogen and oxygen atoms in total. The van der Waals surface area contributed by atoms with Gasteiger partial charge in [0, 0.05) is 18.0 Å². The van der Waals surface area contributed by atoms with Crippen molar-refractivity contribution in [1.29, 1.82) is 0 Å². The molecule has 1 heterocycles. The highest BCUT2D eigenvalue weighted by Gasteiger charge is 2.13. The molecule has 0 aliphatic carbocycles. The lowest BCUT2D eigenvalue weighted by Crippen LogP contribution is -2.05. The Balaban J connectivity index is 2.78. The number of aromatic nitrogens is 2. The van der Waals surface area contributed by atoms with Gasteiger partial charge in [-0.2, -0.15) is 5.10 Å². The summed E-state index contributed by atoms with van der Waals surface area (Å²) in [6, 6.07) is 5.89. The van der Waals surface area contributed by atoms with E-state index in [9.17, 15) is 0 Å². The summed E-state index contributed by atoms with van der Waals surface area (Å²) in [5.41, 5.74) is 7.87. The van der Waals surface area contributed by atoms with Crippen LogP contribution in [0.25, 0.3) is 10.9 Å². The molecule has 0 aliphatic rings. The van der Waals surface area contributed by atoms with E-state index in [1.165, 1.54) is 0 Å². The summed E-state index contributed by atoms with van der Waals surface area (Å²) in [4.78, 5) is 0. The first-order chi connectivity index (χ1) is 7.15. The predicted molar refractivity (Wildman–Crippen MR) is 63.0 cm³/mol. The van der Waals surface area contributed by atoms with E-state index in [2.05, 4.69) is 5.10 Å². The first-order valence-corrected chi connectivity index (χ1v) is 5.43. The van der Waals surface area contributed by atoms with Crippen molar-refractivity contribution < 1.29 is 0 Å². The minimum absolute atomic E-state index is 0.0271. The normalized spacial score (nSPS) is 13.3. The highest BCUT2D eigenvalue weighted by molar-refractivity contribution is 6.34. The SMILES string of the molecule is CCn1nc2cccc(C(C)N)c2c1Cl. The molecular weight excluding hydrogens is 210 g/mol. The molecule has 1 aromatic carbocycles. The van der Waals surface area contributed by atoms with Gasteiger partial charge < -0.3 is 5.73 Å².